The van der Waals surface area contributed by atoms with Crippen molar-refractivity contribution in [3.8, 4) is 0 Å². The number of carbonyl (C=O) groups excluding carboxylic acids is 1. The van der Waals surface area contributed by atoms with Gasteiger partial charge in [-0.1, -0.05) is 12.8 Å². The van der Waals surface area contributed by atoms with Crippen LogP contribution in [0.4, 0.5) is 0 Å². The van der Waals surface area contributed by atoms with Crippen molar-refractivity contribution >= 4 is 11.9 Å². The molecular formula is C17H32N4O2. The molecule has 1 unspecified atom stereocenters. The van der Waals surface area contributed by atoms with Gasteiger partial charge < -0.3 is 20.3 Å². The number of guanidine groups is 1. The first kappa shape index (κ1) is 18.0. The highest BCUT2D eigenvalue weighted by Gasteiger charge is 2.42. The predicted molar refractivity (Wildman–Crippen MR) is 92.6 cm³/mol. The van der Waals surface area contributed by atoms with Crippen molar-refractivity contribution in [1.29, 1.82) is 0 Å². The first-order valence-corrected chi connectivity index (χ1v) is 8.93. The zero-order valence-corrected chi connectivity index (χ0v) is 14.9. The van der Waals surface area contributed by atoms with E-state index in [0.717, 1.165) is 64.2 Å². The highest BCUT2D eigenvalue weighted by atomic mass is 16.5. The molecule has 132 valence electrons. The standard InChI is InChI=1S/C17H32N4O2/c1-4-18-16(19-12-14-8-7-11-23-14)20-13-17(9-5-6-10-17)15(22)21(2)3/h14H,4-13H2,1-3H3,(H2,18,19,20). The summed E-state index contributed by atoms with van der Waals surface area (Å²) in [6.45, 7) is 5.07. The summed E-state index contributed by atoms with van der Waals surface area (Å²) in [5, 5.41) is 6.64. The summed E-state index contributed by atoms with van der Waals surface area (Å²) in [5.41, 5.74) is -0.310. The van der Waals surface area contributed by atoms with Crippen LogP contribution in [0, 0.1) is 5.41 Å². The molecular weight excluding hydrogens is 292 g/mol. The fraction of sp³-hybridized carbons (Fsp3) is 0.882. The van der Waals surface area contributed by atoms with Gasteiger partial charge in [-0.25, -0.2) is 0 Å². The lowest BCUT2D eigenvalue weighted by atomic mass is 9.85. The van der Waals surface area contributed by atoms with Crippen molar-refractivity contribution in [2.24, 2.45) is 10.4 Å². The van der Waals surface area contributed by atoms with E-state index in [9.17, 15) is 4.79 Å². The van der Waals surface area contributed by atoms with E-state index in [4.69, 9.17) is 9.73 Å². The van der Waals surface area contributed by atoms with Gasteiger partial charge in [0.05, 0.1) is 18.1 Å². The van der Waals surface area contributed by atoms with Gasteiger partial charge in [-0.05, 0) is 32.6 Å². The molecule has 1 atom stereocenters. The van der Waals surface area contributed by atoms with Crippen LogP contribution in [0.1, 0.15) is 45.4 Å². The van der Waals surface area contributed by atoms with E-state index >= 15 is 0 Å². The van der Waals surface area contributed by atoms with Crippen LogP contribution in [0.5, 0.6) is 0 Å². The molecule has 6 heteroatoms. The lowest BCUT2D eigenvalue weighted by Crippen LogP contribution is -2.44. The largest absolute Gasteiger partial charge is 0.376 e. The normalized spacial score (nSPS) is 23.8. The Kier molecular flexibility index (Phi) is 6.69. The van der Waals surface area contributed by atoms with Gasteiger partial charge in [0.2, 0.25) is 5.91 Å². The van der Waals surface area contributed by atoms with Crippen LogP contribution in [0.15, 0.2) is 4.99 Å². The summed E-state index contributed by atoms with van der Waals surface area (Å²) < 4.78 is 5.64. The second-order valence-corrected chi connectivity index (χ2v) is 6.90. The molecule has 1 saturated heterocycles. The Balaban J connectivity index is 1.97. The number of nitrogens with one attached hydrogen (secondary N) is 2. The van der Waals surface area contributed by atoms with Gasteiger partial charge in [0.25, 0.3) is 0 Å². The zero-order chi connectivity index (χ0) is 16.7. The minimum absolute atomic E-state index is 0.216. The average Bonchev–Trinajstić information content (AvgIpc) is 3.21. The number of nitrogens with zero attached hydrogens (tertiary/aromatic N) is 2. The molecule has 2 fully saturated rings. The molecule has 1 aliphatic heterocycles. The van der Waals surface area contributed by atoms with Gasteiger partial charge in [0.15, 0.2) is 5.96 Å². The Hall–Kier alpha value is -1.30. The van der Waals surface area contributed by atoms with Crippen LogP contribution < -0.4 is 10.6 Å². The second-order valence-electron chi connectivity index (χ2n) is 6.90. The Morgan fingerprint density at radius 3 is 2.57 bits per heavy atom. The van der Waals surface area contributed by atoms with Crippen molar-refractivity contribution in [1.82, 2.24) is 15.5 Å². The maximum atomic E-state index is 12.6. The van der Waals surface area contributed by atoms with E-state index in [0.29, 0.717) is 6.54 Å². The van der Waals surface area contributed by atoms with Crippen molar-refractivity contribution < 1.29 is 9.53 Å². The number of aliphatic imine (C=N–C) groups is 1. The highest BCUT2D eigenvalue weighted by molar-refractivity contribution is 5.84. The highest BCUT2D eigenvalue weighted by Crippen LogP contribution is 2.39. The van der Waals surface area contributed by atoms with Crippen molar-refractivity contribution in [2.45, 2.75) is 51.6 Å². The molecule has 1 aliphatic carbocycles. The minimum Gasteiger partial charge on any atom is -0.376 e. The Labute approximate surface area is 140 Å². The topological polar surface area (TPSA) is 66.0 Å². The maximum absolute atomic E-state index is 12.6. The van der Waals surface area contributed by atoms with Crippen LogP contribution in [-0.2, 0) is 9.53 Å². The Morgan fingerprint density at radius 1 is 1.26 bits per heavy atom. The van der Waals surface area contributed by atoms with Gasteiger partial charge in [0.1, 0.15) is 0 Å². The van der Waals surface area contributed by atoms with Gasteiger partial charge in [0, 0.05) is 33.8 Å². The van der Waals surface area contributed by atoms with E-state index in [1.54, 1.807) is 4.90 Å². The number of carbonyl (C=O) groups is 1. The Morgan fingerprint density at radius 2 is 2.00 bits per heavy atom. The van der Waals surface area contributed by atoms with Crippen LogP contribution in [-0.4, -0.2) is 63.2 Å². The first-order chi connectivity index (χ1) is 11.1. The van der Waals surface area contributed by atoms with Crippen LogP contribution in [0.25, 0.3) is 0 Å². The molecule has 2 rings (SSSR count). The summed E-state index contributed by atoms with van der Waals surface area (Å²) in [4.78, 5) is 19.0. The zero-order valence-electron chi connectivity index (χ0n) is 14.9. The SMILES string of the molecule is CCNC(=NCC1(C(=O)N(C)C)CCCC1)NCC1CCCO1. The van der Waals surface area contributed by atoms with Crippen molar-refractivity contribution in [3.05, 3.63) is 0 Å². The van der Waals surface area contributed by atoms with Gasteiger partial charge in [-0.2, -0.15) is 0 Å². The molecule has 2 aliphatic rings. The smallest absolute Gasteiger partial charge is 0.230 e. The molecule has 1 saturated carbocycles. The summed E-state index contributed by atoms with van der Waals surface area (Å²) >= 11 is 0. The third kappa shape index (κ3) is 4.83. The number of amides is 1. The molecule has 0 aromatic heterocycles. The molecule has 6 nitrogen and oxygen atoms in total. The third-order valence-electron chi connectivity index (χ3n) is 4.83. The first-order valence-electron chi connectivity index (χ1n) is 8.93. The van der Waals surface area contributed by atoms with E-state index in [1.807, 2.05) is 14.1 Å². The van der Waals surface area contributed by atoms with Gasteiger partial charge >= 0.3 is 0 Å². The number of ether oxygens (including phenoxy) is 1. The Bertz CT molecular complexity index is 411. The second kappa shape index (κ2) is 8.52. The minimum atomic E-state index is -0.310. The van der Waals surface area contributed by atoms with Crippen LogP contribution in [0.3, 0.4) is 0 Å². The van der Waals surface area contributed by atoms with Gasteiger partial charge in [-0.3, -0.25) is 9.79 Å². The maximum Gasteiger partial charge on any atom is 0.230 e. The number of rotatable bonds is 6. The predicted octanol–water partition coefficient (Wildman–Crippen LogP) is 1.37. The van der Waals surface area contributed by atoms with E-state index in [-0.39, 0.29) is 17.4 Å². The van der Waals surface area contributed by atoms with Crippen molar-refractivity contribution in [2.75, 3.05) is 40.3 Å². The molecule has 0 aromatic rings. The fourth-order valence-corrected chi connectivity index (χ4v) is 3.55. The summed E-state index contributed by atoms with van der Waals surface area (Å²) in [7, 11) is 3.68. The summed E-state index contributed by atoms with van der Waals surface area (Å²) in [6.07, 6.45) is 6.65. The fourth-order valence-electron chi connectivity index (χ4n) is 3.55. The van der Waals surface area contributed by atoms with Crippen LogP contribution >= 0.6 is 0 Å². The molecule has 0 bridgehead atoms. The molecule has 0 spiro atoms. The number of hydrogen-bond donors (Lipinski definition) is 2. The van der Waals surface area contributed by atoms with Crippen LogP contribution in [0.2, 0.25) is 0 Å². The monoisotopic (exact) mass is 324 g/mol. The van der Waals surface area contributed by atoms with Gasteiger partial charge in [-0.15, -0.1) is 0 Å². The average molecular weight is 324 g/mol. The molecule has 0 radical (unpaired) electrons. The molecule has 1 amide bonds. The van der Waals surface area contributed by atoms with E-state index in [1.165, 1.54) is 0 Å². The van der Waals surface area contributed by atoms with E-state index < -0.39 is 0 Å². The lowest BCUT2D eigenvalue weighted by Gasteiger charge is -2.29. The third-order valence-corrected chi connectivity index (χ3v) is 4.83. The molecule has 1 heterocycles. The summed E-state index contributed by atoms with van der Waals surface area (Å²) in [5.74, 6) is 1.01. The molecule has 2 N–H and O–H groups in total. The lowest BCUT2D eigenvalue weighted by molar-refractivity contribution is -0.138. The summed E-state index contributed by atoms with van der Waals surface area (Å²) in [6, 6.07) is 0. The number of hydrogen-bond acceptors (Lipinski definition) is 3. The van der Waals surface area contributed by atoms with Crippen molar-refractivity contribution in [3.63, 3.8) is 0 Å². The quantitative estimate of drug-likeness (QED) is 0.572. The molecule has 0 aromatic carbocycles. The van der Waals surface area contributed by atoms with E-state index in [2.05, 4.69) is 17.6 Å². The molecule has 23 heavy (non-hydrogen) atoms.